The Labute approximate surface area is 148 Å². The molecule has 0 bridgehead atoms. The Morgan fingerprint density at radius 3 is 2.76 bits per heavy atom. The van der Waals surface area contributed by atoms with E-state index in [0.29, 0.717) is 0 Å². The van der Waals surface area contributed by atoms with Crippen LogP contribution in [0.2, 0.25) is 0 Å². The van der Waals surface area contributed by atoms with Gasteiger partial charge in [-0.25, -0.2) is 9.97 Å². The Bertz CT molecular complexity index is 654. The number of hydrogen-bond acceptors (Lipinski definition) is 6. The Kier molecular flexibility index (Phi) is 5.28. The molecule has 0 spiro atoms. The van der Waals surface area contributed by atoms with E-state index in [1.54, 1.807) is 0 Å². The highest BCUT2D eigenvalue weighted by Crippen LogP contribution is 2.29. The van der Waals surface area contributed by atoms with Gasteiger partial charge in [0.2, 0.25) is 5.95 Å². The molecule has 6 heteroatoms. The maximum absolute atomic E-state index is 6.07. The van der Waals surface area contributed by atoms with Gasteiger partial charge in [-0.05, 0) is 43.9 Å². The fourth-order valence-corrected chi connectivity index (χ4v) is 3.62. The number of nitrogens with zero attached hydrogens (tertiary/aromatic N) is 4. The summed E-state index contributed by atoms with van der Waals surface area (Å²) in [5, 5.41) is 0. The third kappa shape index (κ3) is 4.19. The zero-order valence-electron chi connectivity index (χ0n) is 14.6. The second kappa shape index (κ2) is 7.97. The molecule has 0 saturated carbocycles. The minimum Gasteiger partial charge on any atom is -0.462 e. The quantitative estimate of drug-likeness (QED) is 0.851. The standard InChI is InChI=1S/C19H26N4O2/c1-2-14-24-17(5-1)18-7-6-16(25-18)15-22-10-4-11-23(13-12-22)19-20-8-3-9-21-19/h3,6-9,17H,1-2,4-5,10-15H2. The molecule has 0 aromatic carbocycles. The minimum atomic E-state index is 0.150. The Morgan fingerprint density at radius 2 is 1.92 bits per heavy atom. The first-order valence-corrected chi connectivity index (χ1v) is 9.33. The summed E-state index contributed by atoms with van der Waals surface area (Å²) in [7, 11) is 0. The molecule has 0 aliphatic carbocycles. The normalized spacial score (nSPS) is 22.7. The number of anilines is 1. The molecule has 1 atom stereocenters. The molecule has 0 N–H and O–H groups in total. The van der Waals surface area contributed by atoms with Crippen LogP contribution in [-0.4, -0.2) is 47.7 Å². The number of hydrogen-bond donors (Lipinski definition) is 0. The van der Waals surface area contributed by atoms with Crippen molar-refractivity contribution in [2.45, 2.75) is 38.3 Å². The smallest absolute Gasteiger partial charge is 0.225 e. The van der Waals surface area contributed by atoms with Gasteiger partial charge < -0.3 is 14.1 Å². The maximum atomic E-state index is 6.07. The highest BCUT2D eigenvalue weighted by Gasteiger charge is 2.21. The van der Waals surface area contributed by atoms with Crippen molar-refractivity contribution in [3.63, 3.8) is 0 Å². The second-order valence-electron chi connectivity index (χ2n) is 6.82. The summed E-state index contributed by atoms with van der Waals surface area (Å²) in [6.07, 6.45) is 8.34. The minimum absolute atomic E-state index is 0.150. The summed E-state index contributed by atoms with van der Waals surface area (Å²) in [5.41, 5.74) is 0. The number of rotatable bonds is 4. The van der Waals surface area contributed by atoms with Crippen LogP contribution in [0, 0.1) is 0 Å². The van der Waals surface area contributed by atoms with E-state index >= 15 is 0 Å². The molecule has 0 amide bonds. The van der Waals surface area contributed by atoms with Gasteiger partial charge in [0.15, 0.2) is 0 Å². The van der Waals surface area contributed by atoms with Crippen LogP contribution in [0.25, 0.3) is 0 Å². The molecule has 2 aliphatic heterocycles. The Hall–Kier alpha value is -1.92. The largest absolute Gasteiger partial charge is 0.462 e. The van der Waals surface area contributed by atoms with Crippen molar-refractivity contribution in [1.82, 2.24) is 14.9 Å². The fraction of sp³-hybridized carbons (Fsp3) is 0.579. The van der Waals surface area contributed by atoms with Gasteiger partial charge in [-0.2, -0.15) is 0 Å². The lowest BCUT2D eigenvalue weighted by atomic mass is 10.1. The Balaban J connectivity index is 1.33. The van der Waals surface area contributed by atoms with Crippen LogP contribution in [0.3, 0.4) is 0 Å². The first kappa shape index (κ1) is 16.5. The van der Waals surface area contributed by atoms with E-state index in [4.69, 9.17) is 9.15 Å². The maximum Gasteiger partial charge on any atom is 0.225 e. The summed E-state index contributed by atoms with van der Waals surface area (Å²) >= 11 is 0. The fourth-order valence-electron chi connectivity index (χ4n) is 3.62. The average Bonchev–Trinajstić information content (AvgIpc) is 3.01. The molecule has 2 aliphatic rings. The molecule has 2 aromatic heterocycles. The third-order valence-corrected chi connectivity index (χ3v) is 4.98. The van der Waals surface area contributed by atoms with Crippen LogP contribution in [0.15, 0.2) is 35.0 Å². The molecule has 1 unspecified atom stereocenters. The van der Waals surface area contributed by atoms with E-state index in [1.165, 1.54) is 12.8 Å². The van der Waals surface area contributed by atoms with E-state index < -0.39 is 0 Å². The molecule has 0 radical (unpaired) electrons. The lowest BCUT2D eigenvalue weighted by Gasteiger charge is -2.21. The van der Waals surface area contributed by atoms with Crippen molar-refractivity contribution in [3.05, 3.63) is 42.1 Å². The second-order valence-corrected chi connectivity index (χ2v) is 6.82. The Morgan fingerprint density at radius 1 is 1.00 bits per heavy atom. The molecule has 4 heterocycles. The number of furan rings is 1. The average molecular weight is 342 g/mol. The predicted molar refractivity (Wildman–Crippen MR) is 95.4 cm³/mol. The third-order valence-electron chi connectivity index (χ3n) is 4.98. The summed E-state index contributed by atoms with van der Waals surface area (Å²) < 4.78 is 11.9. The van der Waals surface area contributed by atoms with E-state index in [-0.39, 0.29) is 6.10 Å². The molecular weight excluding hydrogens is 316 g/mol. The predicted octanol–water partition coefficient (Wildman–Crippen LogP) is 3.02. The van der Waals surface area contributed by atoms with E-state index in [9.17, 15) is 0 Å². The molecule has 6 nitrogen and oxygen atoms in total. The molecule has 25 heavy (non-hydrogen) atoms. The lowest BCUT2D eigenvalue weighted by Crippen LogP contribution is -2.31. The van der Waals surface area contributed by atoms with E-state index in [2.05, 4.69) is 31.9 Å². The summed E-state index contributed by atoms with van der Waals surface area (Å²) in [4.78, 5) is 13.5. The van der Waals surface area contributed by atoms with Crippen molar-refractivity contribution in [2.24, 2.45) is 0 Å². The van der Waals surface area contributed by atoms with Crippen LogP contribution in [-0.2, 0) is 11.3 Å². The number of aromatic nitrogens is 2. The van der Waals surface area contributed by atoms with Gasteiger partial charge in [-0.3, -0.25) is 4.90 Å². The van der Waals surface area contributed by atoms with Crippen molar-refractivity contribution >= 4 is 5.95 Å². The van der Waals surface area contributed by atoms with Crippen LogP contribution in [0.4, 0.5) is 5.95 Å². The zero-order chi connectivity index (χ0) is 16.9. The summed E-state index contributed by atoms with van der Waals surface area (Å²) in [5.74, 6) is 2.86. The van der Waals surface area contributed by atoms with Gasteiger partial charge in [0, 0.05) is 45.2 Å². The highest BCUT2D eigenvalue weighted by atomic mass is 16.5. The van der Waals surface area contributed by atoms with Gasteiger partial charge in [0.05, 0.1) is 6.54 Å². The molecule has 134 valence electrons. The molecule has 4 rings (SSSR count). The molecule has 2 saturated heterocycles. The summed E-state index contributed by atoms with van der Waals surface area (Å²) in [6, 6.07) is 6.06. The van der Waals surface area contributed by atoms with Crippen LogP contribution < -0.4 is 4.90 Å². The first-order chi connectivity index (χ1) is 12.4. The van der Waals surface area contributed by atoms with E-state index in [0.717, 1.165) is 69.6 Å². The monoisotopic (exact) mass is 342 g/mol. The van der Waals surface area contributed by atoms with Gasteiger partial charge in [-0.1, -0.05) is 0 Å². The topological polar surface area (TPSA) is 54.6 Å². The molecular formula is C19H26N4O2. The lowest BCUT2D eigenvalue weighted by molar-refractivity contribution is 0.000872. The van der Waals surface area contributed by atoms with Crippen molar-refractivity contribution in [2.75, 3.05) is 37.7 Å². The van der Waals surface area contributed by atoms with Gasteiger partial charge in [0.25, 0.3) is 0 Å². The highest BCUT2D eigenvalue weighted by molar-refractivity contribution is 5.28. The van der Waals surface area contributed by atoms with Crippen LogP contribution >= 0.6 is 0 Å². The SMILES string of the molecule is c1cnc(N2CCCN(Cc3ccc(C4CCCCO4)o3)CC2)nc1. The van der Waals surface area contributed by atoms with E-state index in [1.807, 2.05) is 18.5 Å². The molecule has 2 aromatic rings. The van der Waals surface area contributed by atoms with Crippen molar-refractivity contribution in [1.29, 1.82) is 0 Å². The number of ether oxygens (including phenoxy) is 1. The van der Waals surface area contributed by atoms with Crippen LogP contribution in [0.5, 0.6) is 0 Å². The van der Waals surface area contributed by atoms with Crippen molar-refractivity contribution in [3.8, 4) is 0 Å². The van der Waals surface area contributed by atoms with Gasteiger partial charge in [0.1, 0.15) is 17.6 Å². The zero-order valence-corrected chi connectivity index (χ0v) is 14.6. The molecule has 2 fully saturated rings. The van der Waals surface area contributed by atoms with Gasteiger partial charge >= 0.3 is 0 Å². The summed E-state index contributed by atoms with van der Waals surface area (Å²) in [6.45, 7) is 5.72. The first-order valence-electron chi connectivity index (χ1n) is 9.33. The van der Waals surface area contributed by atoms with Crippen LogP contribution in [0.1, 0.15) is 43.3 Å². The van der Waals surface area contributed by atoms with Crippen molar-refractivity contribution < 1.29 is 9.15 Å². The van der Waals surface area contributed by atoms with Gasteiger partial charge in [-0.15, -0.1) is 0 Å².